The van der Waals surface area contributed by atoms with Gasteiger partial charge in [0.15, 0.2) is 0 Å². The lowest BCUT2D eigenvalue weighted by atomic mass is 9.45. The molecule has 2 unspecified atom stereocenters. The fourth-order valence-electron chi connectivity index (χ4n) is 19.7. The molecule has 6 aromatic carbocycles. The predicted octanol–water partition coefficient (Wildman–Crippen LogP) is 11.9. The maximum atomic E-state index is 14.4. The van der Waals surface area contributed by atoms with E-state index in [0.717, 1.165) is 80.7 Å². The molecule has 8 fully saturated rings. The second-order valence-electron chi connectivity index (χ2n) is 35.5. The van der Waals surface area contributed by atoms with Gasteiger partial charge in [0.05, 0.1) is 44.1 Å². The summed E-state index contributed by atoms with van der Waals surface area (Å²) in [5.41, 5.74) is 29.0. The third kappa shape index (κ3) is 18.9. The smallest absolute Gasteiger partial charge is 0.251 e. The topological polar surface area (TPSA) is 270 Å². The van der Waals surface area contributed by atoms with Gasteiger partial charge in [-0.1, -0.05) is 144 Å². The van der Waals surface area contributed by atoms with Crippen LogP contribution >= 0.6 is 0 Å². The number of benzene rings is 6. The zero-order chi connectivity index (χ0) is 80.9. The number of carbonyl (C=O) groups is 4. The summed E-state index contributed by atoms with van der Waals surface area (Å²) >= 11 is 0. The lowest BCUT2D eigenvalue weighted by Crippen LogP contribution is -2.62. The Bertz CT molecular complexity index is 4300. The van der Waals surface area contributed by atoms with Crippen molar-refractivity contribution in [3.63, 3.8) is 0 Å². The van der Waals surface area contributed by atoms with Gasteiger partial charge in [0.2, 0.25) is 11.8 Å². The van der Waals surface area contributed by atoms with E-state index in [2.05, 4.69) is 144 Å². The summed E-state index contributed by atoms with van der Waals surface area (Å²) in [6.07, 6.45) is 2.92. The normalized spacial score (nSPS) is 26.6. The van der Waals surface area contributed by atoms with E-state index >= 15 is 0 Å². The van der Waals surface area contributed by atoms with Crippen molar-refractivity contribution in [3.8, 4) is 22.3 Å². The SMILES string of the molecule is Cc1c(CN2O[C@@H](CN)[C@@H]([C@H](C)O)[C@H]2C(=O)NC2C[C@H]3C[C@@H]([C@@H]2C)C3(C)C)cccc1-c1cc(C(=O)N[C@@H](Cc2ccccc2)CN(C)C)cc(N(C)C)c1.Cc1c(CN2O[C@@H](CN=[N+]=[N-])[C@@H]([C@H](C)O)[C@H]2C(=O)NC2C[C@H]3C[C@@H]([C@@H]2C)C3(C)C)cccc1-c1cc(C(=O)N[C@@H](Cc2ccccc2)CN(C)C)cc(N(C)C)c1. The number of aliphatic hydroxyl groups excluding tert-OH is 2. The first-order chi connectivity index (χ1) is 53.2. The molecule has 604 valence electrons. The Kier molecular flexibility index (Phi) is 27.3. The Morgan fingerprint density at radius 2 is 0.964 bits per heavy atom. The summed E-state index contributed by atoms with van der Waals surface area (Å²) < 4.78 is 0. The molecule has 0 spiro atoms. The molecule has 0 radical (unpaired) electrons. The molecule has 6 aliphatic carbocycles. The van der Waals surface area contributed by atoms with Crippen molar-refractivity contribution in [2.24, 2.45) is 69.0 Å². The van der Waals surface area contributed by atoms with Gasteiger partial charge in [-0.15, -0.1) is 0 Å². The Morgan fingerprint density at radius 3 is 1.31 bits per heavy atom. The van der Waals surface area contributed by atoms with Crippen molar-refractivity contribution in [1.29, 1.82) is 0 Å². The molecular formula is C90H126N14O8. The van der Waals surface area contributed by atoms with E-state index in [4.69, 9.17) is 15.4 Å². The van der Waals surface area contributed by atoms with Crippen LogP contribution in [-0.2, 0) is 45.2 Å². The molecule has 112 heavy (non-hydrogen) atoms. The largest absolute Gasteiger partial charge is 0.393 e. The first kappa shape index (κ1) is 84.7. The Balaban J connectivity index is 0.000000222. The molecule has 2 saturated heterocycles. The number of nitrogens with zero attached hydrogens (tertiary/aromatic N) is 9. The quantitative estimate of drug-likeness (QED) is 0.0131. The number of nitrogens with one attached hydrogen (secondary N) is 4. The molecule has 6 saturated carbocycles. The van der Waals surface area contributed by atoms with Crippen LogP contribution in [0.15, 0.2) is 139 Å². The van der Waals surface area contributed by atoms with Crippen molar-refractivity contribution >= 4 is 35.0 Å². The minimum absolute atomic E-state index is 0.00748. The Morgan fingerprint density at radius 1 is 0.571 bits per heavy atom. The van der Waals surface area contributed by atoms with E-state index in [1.165, 1.54) is 18.4 Å². The first-order valence-electron chi connectivity index (χ1n) is 40.5. The van der Waals surface area contributed by atoms with Crippen LogP contribution in [0.1, 0.15) is 135 Å². The lowest BCUT2D eigenvalue weighted by Gasteiger charge is -2.62. The van der Waals surface area contributed by atoms with Crippen molar-refractivity contribution < 1.29 is 39.1 Å². The zero-order valence-electron chi connectivity index (χ0n) is 69.5. The van der Waals surface area contributed by atoms with Crippen molar-refractivity contribution in [2.75, 3.05) is 92.4 Å². The standard InChI is InChI=1S/C45H62N8O4.C45H64N6O4/c1-27-31(25-53-42(41(29(3)54)40(57-53)24-47-50-46)44(56)49-39-23-34-22-38(28(39)2)45(34,4)5)16-13-17-37(27)32-19-33(21-36(20-32)52(8)9)43(55)48-35(26-51(6)7)18-30-14-11-10-12-15-30;1-27-31(25-51-42(41(29(3)52)40(24-46)55-51)44(54)48-39-23-34-22-38(28(39)2)45(34,4)5)16-13-17-37(27)32-19-33(21-36(20-32)50(8)9)43(53)47-35(26-49(6)7)18-30-14-11-10-12-15-30/h10-17,19-21,28-29,34-35,38-42,54H,18,22-26H2,1-9H3,(H,48,55)(H,49,56);10-17,19-21,28-29,34-35,38-42,52H,18,22-26,46H2,1-9H3,(H,47,53)(H,48,54)/t2*28-,29-,34+,35-,38-,39?,40-,41+,42-/m00/s1. The summed E-state index contributed by atoms with van der Waals surface area (Å²) in [6, 6.07) is 43.1. The summed E-state index contributed by atoms with van der Waals surface area (Å²) in [6.45, 7) is 23.6. The van der Waals surface area contributed by atoms with Gasteiger partial charge >= 0.3 is 0 Å². The van der Waals surface area contributed by atoms with E-state index in [0.29, 0.717) is 78.1 Å². The number of aliphatic hydroxyl groups is 2. The van der Waals surface area contributed by atoms with E-state index in [1.54, 1.807) is 24.0 Å². The van der Waals surface area contributed by atoms with Crippen LogP contribution in [0.25, 0.3) is 32.7 Å². The third-order valence-corrected chi connectivity index (χ3v) is 26.4. The minimum Gasteiger partial charge on any atom is -0.393 e. The van der Waals surface area contributed by atoms with Gasteiger partial charge < -0.3 is 56.8 Å². The van der Waals surface area contributed by atoms with Gasteiger partial charge in [0, 0.05) is 111 Å². The maximum Gasteiger partial charge on any atom is 0.251 e. The van der Waals surface area contributed by atoms with Crippen LogP contribution < -0.4 is 36.8 Å². The summed E-state index contributed by atoms with van der Waals surface area (Å²) in [7, 11) is 16.0. The van der Waals surface area contributed by atoms with Gasteiger partial charge in [-0.2, -0.15) is 10.1 Å². The highest BCUT2D eigenvalue weighted by Gasteiger charge is 2.59. The molecule has 6 aromatic rings. The van der Waals surface area contributed by atoms with Crippen LogP contribution in [-0.4, -0.2) is 197 Å². The summed E-state index contributed by atoms with van der Waals surface area (Å²) in [5, 5.41) is 42.8. The van der Waals surface area contributed by atoms with Crippen LogP contribution in [0.4, 0.5) is 11.4 Å². The molecular weight excluding hydrogens is 1410 g/mol. The molecule has 2 heterocycles. The number of hydrogen-bond donors (Lipinski definition) is 7. The van der Waals surface area contributed by atoms with E-state index in [1.807, 2.05) is 152 Å². The average molecular weight is 1530 g/mol. The van der Waals surface area contributed by atoms with E-state index in [9.17, 15) is 34.9 Å². The number of nitrogens with two attached hydrogens (primary N) is 1. The summed E-state index contributed by atoms with van der Waals surface area (Å²) in [5.74, 6) is 1.40. The second kappa shape index (κ2) is 36.1. The van der Waals surface area contributed by atoms with Crippen LogP contribution in [0.2, 0.25) is 0 Å². The fourth-order valence-corrected chi connectivity index (χ4v) is 19.7. The highest BCUT2D eigenvalue weighted by Crippen LogP contribution is 2.62. The average Bonchev–Trinajstić information content (AvgIpc) is 0.845. The Labute approximate surface area is 665 Å². The molecule has 8 N–H and O–H groups in total. The van der Waals surface area contributed by atoms with E-state index in [-0.39, 0.29) is 72.8 Å². The van der Waals surface area contributed by atoms with Gasteiger partial charge in [0.1, 0.15) is 12.1 Å². The molecule has 2 aliphatic heterocycles. The van der Waals surface area contributed by atoms with Gasteiger partial charge in [-0.3, -0.25) is 28.9 Å². The van der Waals surface area contributed by atoms with Crippen LogP contribution in [0.5, 0.6) is 0 Å². The molecule has 22 heteroatoms. The summed E-state index contributed by atoms with van der Waals surface area (Å²) in [4.78, 5) is 80.7. The lowest BCUT2D eigenvalue weighted by molar-refractivity contribution is -0.176. The van der Waals surface area contributed by atoms with E-state index < -0.39 is 48.3 Å². The Hall–Kier alpha value is -8.25. The number of carbonyl (C=O) groups excluding carboxylic acids is 4. The molecule has 4 bridgehead atoms. The third-order valence-electron chi connectivity index (χ3n) is 26.4. The van der Waals surface area contributed by atoms with Gasteiger partial charge in [-0.05, 0) is 238 Å². The number of hydroxylamine groups is 4. The molecule has 4 amide bonds. The highest BCUT2D eigenvalue weighted by molar-refractivity contribution is 5.98. The number of likely N-dealkylation sites (N-methyl/N-ethyl adjacent to an activating group) is 2. The van der Waals surface area contributed by atoms with Crippen LogP contribution in [0, 0.1) is 72.0 Å². The highest BCUT2D eigenvalue weighted by atomic mass is 16.7. The minimum atomic E-state index is -0.892. The monoisotopic (exact) mass is 1530 g/mol. The number of amides is 4. The molecule has 14 rings (SSSR count). The van der Waals surface area contributed by atoms with Gasteiger partial charge in [-0.25, -0.2) is 0 Å². The van der Waals surface area contributed by atoms with Crippen LogP contribution in [0.3, 0.4) is 0 Å². The number of azide groups is 1. The fraction of sp³-hybridized carbons (Fsp3) is 0.556. The second-order valence-corrected chi connectivity index (χ2v) is 35.5. The molecule has 22 nitrogen and oxygen atoms in total. The van der Waals surface area contributed by atoms with Crippen molar-refractivity contribution in [2.45, 2.75) is 182 Å². The predicted molar refractivity (Wildman–Crippen MR) is 446 cm³/mol. The molecule has 8 aliphatic rings. The molecule has 0 aromatic heterocycles. The van der Waals surface area contributed by atoms with Crippen molar-refractivity contribution in [1.82, 2.24) is 41.2 Å². The number of hydrogen-bond acceptors (Lipinski definition) is 16. The van der Waals surface area contributed by atoms with Crippen molar-refractivity contribution in [3.05, 3.63) is 188 Å². The maximum absolute atomic E-state index is 14.4. The number of anilines is 2. The zero-order valence-corrected chi connectivity index (χ0v) is 69.5. The van der Waals surface area contributed by atoms with Gasteiger partial charge in [0.25, 0.3) is 11.8 Å². The first-order valence-corrected chi connectivity index (χ1v) is 40.5. The number of rotatable bonds is 29. The number of fused-ring (bicyclic) bond motifs is 4. The molecule has 18 atom stereocenters.